The van der Waals surface area contributed by atoms with E-state index in [0.29, 0.717) is 11.4 Å². The van der Waals surface area contributed by atoms with E-state index in [1.165, 1.54) is 36.4 Å². The van der Waals surface area contributed by atoms with Crippen molar-refractivity contribution in [1.29, 1.82) is 0 Å². The molecule has 0 bridgehead atoms. The fraction of sp³-hybridized carbons (Fsp3) is 0. The highest BCUT2D eigenvalue weighted by Gasteiger charge is 2.12. The molecule has 2 rings (SSSR count). The summed E-state index contributed by atoms with van der Waals surface area (Å²) < 4.78 is 0. The number of aromatic carboxylic acids is 1. The van der Waals surface area contributed by atoms with Crippen molar-refractivity contribution in [2.45, 2.75) is 0 Å². The highest BCUT2D eigenvalue weighted by molar-refractivity contribution is 5.94. The number of hydrogen-bond acceptors (Lipinski definition) is 5. The summed E-state index contributed by atoms with van der Waals surface area (Å²) in [6.07, 6.45) is 0. The molecule has 3 N–H and O–H groups in total. The van der Waals surface area contributed by atoms with Crippen LogP contribution in [0.25, 0.3) is 0 Å². The number of carboxylic acid groups (broad SMARTS) is 1. The molecule has 102 valence electrons. The van der Waals surface area contributed by atoms with Crippen LogP contribution in [0, 0.1) is 0 Å². The zero-order valence-corrected chi connectivity index (χ0v) is 10.3. The van der Waals surface area contributed by atoms with Gasteiger partial charge in [0.25, 0.3) is 0 Å². The van der Waals surface area contributed by atoms with Crippen LogP contribution in [-0.2, 0) is 4.89 Å². The number of hydrogen-bond donors (Lipinski definition) is 2. The van der Waals surface area contributed by atoms with Gasteiger partial charge in [0.05, 0.1) is 11.1 Å². The monoisotopic (exact) mass is 273 g/mol. The van der Waals surface area contributed by atoms with Crippen molar-refractivity contribution in [3.63, 3.8) is 0 Å². The van der Waals surface area contributed by atoms with Gasteiger partial charge in [-0.05, 0) is 42.5 Å². The fourth-order valence-corrected chi connectivity index (χ4v) is 1.44. The summed E-state index contributed by atoms with van der Waals surface area (Å²) in [7, 11) is 0. The first kappa shape index (κ1) is 13.4. The van der Waals surface area contributed by atoms with Crippen LogP contribution in [0.3, 0.4) is 0 Å². The number of anilines is 1. The van der Waals surface area contributed by atoms with Crippen molar-refractivity contribution < 1.29 is 24.5 Å². The Morgan fingerprint density at radius 1 is 1.00 bits per heavy atom. The molecule has 0 aliphatic rings. The average Bonchev–Trinajstić information content (AvgIpc) is 2.46. The van der Waals surface area contributed by atoms with Crippen LogP contribution < -0.4 is 10.6 Å². The Labute approximate surface area is 114 Å². The molecule has 0 spiro atoms. The molecule has 0 heterocycles. The molecule has 0 saturated heterocycles. The molecular formula is C14H11NO5. The van der Waals surface area contributed by atoms with Crippen molar-refractivity contribution in [3.05, 3.63) is 59.7 Å². The Kier molecular flexibility index (Phi) is 3.85. The largest absolute Gasteiger partial charge is 0.478 e. The number of rotatable bonds is 4. The minimum Gasteiger partial charge on any atom is -0.478 e. The summed E-state index contributed by atoms with van der Waals surface area (Å²) in [5.74, 6) is -1.61. The molecule has 0 amide bonds. The zero-order chi connectivity index (χ0) is 14.5. The van der Waals surface area contributed by atoms with Crippen molar-refractivity contribution in [2.24, 2.45) is 0 Å². The molecular weight excluding hydrogens is 262 g/mol. The van der Waals surface area contributed by atoms with Crippen LogP contribution in [0.4, 0.5) is 5.69 Å². The molecule has 2 aromatic rings. The van der Waals surface area contributed by atoms with Crippen molar-refractivity contribution >= 4 is 17.6 Å². The molecule has 0 aromatic heterocycles. The second-order valence-electron chi connectivity index (χ2n) is 3.91. The fourth-order valence-electron chi connectivity index (χ4n) is 1.44. The van der Waals surface area contributed by atoms with Gasteiger partial charge in [0.2, 0.25) is 0 Å². The lowest BCUT2D eigenvalue weighted by atomic mass is 10.1. The number of nitrogen functional groups attached to an aromatic ring is 1. The van der Waals surface area contributed by atoms with Crippen LogP contribution in [-0.4, -0.2) is 17.0 Å². The quantitative estimate of drug-likeness (QED) is 0.503. The zero-order valence-electron chi connectivity index (χ0n) is 10.3. The van der Waals surface area contributed by atoms with Gasteiger partial charge in [0.15, 0.2) is 5.75 Å². The van der Waals surface area contributed by atoms with Crippen molar-refractivity contribution in [1.82, 2.24) is 0 Å². The first-order valence-corrected chi connectivity index (χ1v) is 5.64. The van der Waals surface area contributed by atoms with Gasteiger partial charge < -0.3 is 10.8 Å². The van der Waals surface area contributed by atoms with E-state index in [-0.39, 0.29) is 11.1 Å². The van der Waals surface area contributed by atoms with Gasteiger partial charge in [-0.2, -0.15) is 0 Å². The Morgan fingerprint density at radius 3 is 2.30 bits per heavy atom. The molecule has 20 heavy (non-hydrogen) atoms. The summed E-state index contributed by atoms with van der Waals surface area (Å²) in [4.78, 5) is 31.9. The van der Waals surface area contributed by atoms with Crippen LogP contribution in [0.2, 0.25) is 0 Å². The summed E-state index contributed by atoms with van der Waals surface area (Å²) in [6.45, 7) is 0. The molecule has 0 radical (unpaired) electrons. The van der Waals surface area contributed by atoms with Gasteiger partial charge in [-0.25, -0.2) is 14.5 Å². The maximum Gasteiger partial charge on any atom is 0.386 e. The first-order valence-electron chi connectivity index (χ1n) is 5.64. The molecule has 6 heteroatoms. The van der Waals surface area contributed by atoms with Gasteiger partial charge in [-0.1, -0.05) is 6.07 Å². The van der Waals surface area contributed by atoms with E-state index >= 15 is 0 Å². The van der Waals surface area contributed by atoms with Crippen molar-refractivity contribution in [3.8, 4) is 5.75 Å². The van der Waals surface area contributed by atoms with Gasteiger partial charge in [0.1, 0.15) is 0 Å². The smallest absolute Gasteiger partial charge is 0.386 e. The molecule has 2 aromatic carbocycles. The molecule has 0 unspecified atom stereocenters. The lowest BCUT2D eigenvalue weighted by Crippen LogP contribution is -2.09. The van der Waals surface area contributed by atoms with Crippen molar-refractivity contribution in [2.75, 3.05) is 5.73 Å². The van der Waals surface area contributed by atoms with E-state index in [4.69, 9.17) is 15.7 Å². The highest BCUT2D eigenvalue weighted by Crippen LogP contribution is 2.14. The molecule has 0 aliphatic heterocycles. The third-order valence-corrected chi connectivity index (χ3v) is 2.44. The predicted octanol–water partition coefficient (Wildman–Crippen LogP) is 2.12. The van der Waals surface area contributed by atoms with Crippen LogP contribution >= 0.6 is 0 Å². The Bertz CT molecular complexity index is 636. The maximum absolute atomic E-state index is 11.7. The van der Waals surface area contributed by atoms with Gasteiger partial charge in [-0.3, -0.25) is 4.89 Å². The normalized spacial score (nSPS) is 9.80. The molecule has 6 nitrogen and oxygen atoms in total. The summed E-state index contributed by atoms with van der Waals surface area (Å²) >= 11 is 0. The van der Waals surface area contributed by atoms with E-state index in [1.807, 2.05) is 0 Å². The Hall–Kier alpha value is -3.02. The standard InChI is InChI=1S/C14H11NO5/c15-11-4-6-12(7-5-11)19-20-14(18)10-3-1-2-9(8-10)13(16)17/h1-8H,15H2,(H,16,17). The van der Waals surface area contributed by atoms with E-state index in [0.717, 1.165) is 0 Å². The number of nitrogens with two attached hydrogens (primary N) is 1. The lowest BCUT2D eigenvalue weighted by Gasteiger charge is -2.05. The number of carboxylic acids is 1. The minimum absolute atomic E-state index is 0.00747. The molecule has 0 aliphatic carbocycles. The second kappa shape index (κ2) is 5.75. The second-order valence-corrected chi connectivity index (χ2v) is 3.91. The topological polar surface area (TPSA) is 98.9 Å². The average molecular weight is 273 g/mol. The van der Waals surface area contributed by atoms with Gasteiger partial charge in [0, 0.05) is 5.69 Å². The van der Waals surface area contributed by atoms with E-state index in [2.05, 4.69) is 4.89 Å². The van der Waals surface area contributed by atoms with Crippen LogP contribution in [0.15, 0.2) is 48.5 Å². The summed E-state index contributed by atoms with van der Waals surface area (Å²) in [5, 5.41) is 8.83. The van der Waals surface area contributed by atoms with E-state index in [9.17, 15) is 9.59 Å². The third kappa shape index (κ3) is 3.26. The predicted molar refractivity (Wildman–Crippen MR) is 70.3 cm³/mol. The van der Waals surface area contributed by atoms with Crippen LogP contribution in [0.5, 0.6) is 5.75 Å². The Morgan fingerprint density at radius 2 is 1.65 bits per heavy atom. The SMILES string of the molecule is Nc1ccc(OOC(=O)c2cccc(C(=O)O)c2)cc1. The molecule has 0 fully saturated rings. The minimum atomic E-state index is -1.13. The number of carbonyl (C=O) groups excluding carboxylic acids is 1. The molecule has 0 atom stereocenters. The highest BCUT2D eigenvalue weighted by atomic mass is 17.2. The molecule has 0 saturated carbocycles. The Balaban J connectivity index is 2.03. The number of benzene rings is 2. The van der Waals surface area contributed by atoms with Crippen LogP contribution in [0.1, 0.15) is 20.7 Å². The summed E-state index contributed by atoms with van der Waals surface area (Å²) in [6, 6.07) is 11.7. The van der Waals surface area contributed by atoms with Gasteiger partial charge >= 0.3 is 11.9 Å². The maximum atomic E-state index is 11.7. The van der Waals surface area contributed by atoms with E-state index < -0.39 is 11.9 Å². The number of carbonyl (C=O) groups is 2. The first-order chi connectivity index (χ1) is 9.56. The van der Waals surface area contributed by atoms with E-state index in [1.54, 1.807) is 12.1 Å². The lowest BCUT2D eigenvalue weighted by molar-refractivity contribution is -0.149. The summed E-state index contributed by atoms with van der Waals surface area (Å²) in [5.41, 5.74) is 6.13. The van der Waals surface area contributed by atoms with Gasteiger partial charge in [-0.15, -0.1) is 0 Å². The third-order valence-electron chi connectivity index (χ3n) is 2.44.